The van der Waals surface area contributed by atoms with Gasteiger partial charge in [-0.3, -0.25) is 0 Å². The molecule has 0 aromatic rings. The first-order chi connectivity index (χ1) is 1.41. The van der Waals surface area contributed by atoms with Gasteiger partial charge in [0.2, 0.25) is 0 Å². The fraction of sp³-hybridized carbons (Fsp3) is 1.00. The third-order valence-electron chi connectivity index (χ3n) is 0. The first-order valence-corrected chi connectivity index (χ1v) is 6.71. The molecule has 0 nitrogen and oxygen atoms in total. The topological polar surface area (TPSA) is 0 Å². The Morgan fingerprint density at radius 1 is 1.20 bits per heavy atom. The average molecular weight is 215 g/mol. The van der Waals surface area contributed by atoms with Crippen LogP contribution in [0.15, 0.2) is 0 Å². The summed E-state index contributed by atoms with van der Waals surface area (Å²) in [4.78, 5) is 4.59. The van der Waals surface area contributed by atoms with E-state index < -0.39 is 0 Å². The molecule has 0 rings (SSSR count). The van der Waals surface area contributed by atoms with Gasteiger partial charge in [0.1, 0.15) is 0 Å². The van der Waals surface area contributed by atoms with E-state index in [9.17, 15) is 0 Å². The predicted molar refractivity (Wildman–Crippen MR) is 34.7 cm³/mol. The summed E-state index contributed by atoms with van der Waals surface area (Å²) < 4.78 is 0. The first-order valence-electron chi connectivity index (χ1n) is 1.00. The van der Waals surface area contributed by atoms with Gasteiger partial charge in [0.15, 0.2) is 17.4 Å². The number of hydrogen-bond donors (Lipinski definition) is 0. The van der Waals surface area contributed by atoms with Crippen molar-refractivity contribution in [2.24, 2.45) is 0 Å². The Labute approximate surface area is 60.5 Å². The summed E-state index contributed by atoms with van der Waals surface area (Å²) in [5.74, 6) is 0. The Balaban J connectivity index is -0.0000000200. The van der Waals surface area contributed by atoms with Crippen LogP contribution in [0.3, 0.4) is 0 Å². The Hall–Kier alpha value is 1.62. The fourth-order valence-corrected chi connectivity index (χ4v) is 0. The molecular formula is C2H10AlClSn. The Morgan fingerprint density at radius 2 is 1.20 bits per heavy atom. The summed E-state index contributed by atoms with van der Waals surface area (Å²) in [6, 6.07) is 0. The van der Waals surface area contributed by atoms with Crippen LogP contribution in [0.25, 0.3) is 0 Å². The van der Waals surface area contributed by atoms with Crippen molar-refractivity contribution in [3.8, 4) is 0 Å². The van der Waals surface area contributed by atoms with Crippen LogP contribution in [0.1, 0.15) is 0 Å². The predicted octanol–water partition coefficient (Wildman–Crippen LogP) is 0.0247. The van der Waals surface area contributed by atoms with E-state index in [1.165, 1.54) is 0 Å². The second-order valence-corrected chi connectivity index (χ2v) is 3.35. The molecule has 0 aromatic carbocycles. The molecule has 0 aliphatic rings. The molecule has 0 amide bonds. The number of halogens is 1. The van der Waals surface area contributed by atoms with E-state index in [0.717, 1.165) is 0 Å². The molecule has 0 aliphatic heterocycles. The molecule has 3 heteroatoms. The van der Waals surface area contributed by atoms with Gasteiger partial charge in [0.05, 0.1) is 0 Å². The van der Waals surface area contributed by atoms with Crippen molar-refractivity contribution in [2.45, 2.75) is 9.88 Å². The zero-order valence-corrected chi connectivity index (χ0v) is 6.58. The van der Waals surface area contributed by atoms with Crippen molar-refractivity contribution in [3.05, 3.63) is 0 Å². The molecule has 0 atom stereocenters. The monoisotopic (exact) mass is 216 g/mol. The molecule has 2 radical (unpaired) electrons. The van der Waals surface area contributed by atoms with Gasteiger partial charge >= 0.3 is 31.0 Å². The summed E-state index contributed by atoms with van der Waals surface area (Å²) in [7, 11) is 0. The van der Waals surface area contributed by atoms with Gasteiger partial charge in [0.25, 0.3) is 0 Å². The van der Waals surface area contributed by atoms with Crippen molar-refractivity contribution in [3.63, 3.8) is 0 Å². The summed E-state index contributed by atoms with van der Waals surface area (Å²) in [5.41, 5.74) is 0. The summed E-state index contributed by atoms with van der Waals surface area (Å²) >= 11 is 0.230. The molecule has 0 unspecified atom stereocenters. The Kier molecular flexibility index (Phi) is 55.8. The molecule has 0 saturated carbocycles. The van der Waals surface area contributed by atoms with Crippen LogP contribution in [-0.4, -0.2) is 38.5 Å². The van der Waals surface area contributed by atoms with Gasteiger partial charge in [-0.1, -0.05) is 0 Å². The van der Waals surface area contributed by atoms with E-state index in [2.05, 4.69) is 9.88 Å². The molecule has 0 N–H and O–H groups in total. The van der Waals surface area contributed by atoms with Crippen LogP contribution in [0.2, 0.25) is 9.88 Å². The van der Waals surface area contributed by atoms with Crippen molar-refractivity contribution < 1.29 is 0 Å². The summed E-state index contributed by atoms with van der Waals surface area (Å²) in [6.07, 6.45) is 0. The van der Waals surface area contributed by atoms with Crippen LogP contribution in [0, 0.1) is 0 Å². The number of hydrogen-bond acceptors (Lipinski definition) is 0. The second-order valence-electron chi connectivity index (χ2n) is 0.500. The molecule has 0 fully saturated rings. The van der Waals surface area contributed by atoms with E-state index in [-0.39, 0.29) is 50.9 Å². The fourth-order valence-electron chi connectivity index (χ4n) is 0. The quantitative estimate of drug-likeness (QED) is 0.500. The van der Waals surface area contributed by atoms with Crippen LogP contribution >= 0.6 is 12.4 Å². The third kappa shape index (κ3) is 28.0. The van der Waals surface area contributed by atoms with Crippen LogP contribution in [-0.2, 0) is 0 Å². The van der Waals surface area contributed by atoms with Crippen molar-refractivity contribution in [2.75, 3.05) is 0 Å². The molecule has 32 valence electrons. The zero-order valence-electron chi connectivity index (χ0n) is 2.91. The van der Waals surface area contributed by atoms with Gasteiger partial charge in [0, 0.05) is 0 Å². The van der Waals surface area contributed by atoms with Gasteiger partial charge in [-0.25, -0.2) is 0 Å². The van der Waals surface area contributed by atoms with E-state index in [1.807, 2.05) is 0 Å². The summed E-state index contributed by atoms with van der Waals surface area (Å²) in [6.45, 7) is 0. The molecule has 0 aliphatic carbocycles. The minimum absolute atomic E-state index is 0. The Morgan fingerprint density at radius 3 is 1.20 bits per heavy atom. The SMILES string of the molecule is Cl.[AlH3].[CH3][Sn][CH3]. The van der Waals surface area contributed by atoms with Crippen molar-refractivity contribution >= 4 is 50.9 Å². The molecule has 0 spiro atoms. The molecule has 0 saturated heterocycles. The minimum atomic E-state index is 0. The zero-order chi connectivity index (χ0) is 2.71. The van der Waals surface area contributed by atoms with E-state index in [4.69, 9.17) is 0 Å². The summed E-state index contributed by atoms with van der Waals surface area (Å²) in [5, 5.41) is 0. The van der Waals surface area contributed by atoms with Crippen LogP contribution < -0.4 is 0 Å². The Bertz CT molecular complexity index is 9.61. The van der Waals surface area contributed by atoms with Crippen molar-refractivity contribution in [1.82, 2.24) is 0 Å². The first kappa shape index (κ1) is 16.0. The maximum absolute atomic E-state index is 2.30. The molecule has 0 aromatic heterocycles. The second kappa shape index (κ2) is 17.5. The van der Waals surface area contributed by atoms with E-state index in [1.54, 1.807) is 0 Å². The van der Waals surface area contributed by atoms with E-state index >= 15 is 0 Å². The van der Waals surface area contributed by atoms with Gasteiger partial charge < -0.3 is 0 Å². The molecule has 0 bridgehead atoms. The normalized spacial score (nSPS) is 3.60. The number of rotatable bonds is 0. The van der Waals surface area contributed by atoms with Gasteiger partial charge in [-0.05, 0) is 0 Å². The van der Waals surface area contributed by atoms with Gasteiger partial charge in [-0.15, -0.1) is 12.4 Å². The standard InChI is InChI=1S/2CH3.Al.ClH.Sn.3H/h2*1H3;;1H;;;;. The van der Waals surface area contributed by atoms with E-state index in [0.29, 0.717) is 0 Å². The molecule has 5 heavy (non-hydrogen) atoms. The maximum atomic E-state index is 2.30. The third-order valence-corrected chi connectivity index (χ3v) is 0. The molecular weight excluding hydrogens is 205 g/mol. The van der Waals surface area contributed by atoms with Crippen LogP contribution in [0.5, 0.6) is 0 Å². The van der Waals surface area contributed by atoms with Gasteiger partial charge in [-0.2, -0.15) is 0 Å². The molecule has 0 heterocycles. The van der Waals surface area contributed by atoms with Crippen molar-refractivity contribution in [1.29, 1.82) is 0 Å². The average Bonchev–Trinajstić information content (AvgIpc) is 0.918. The van der Waals surface area contributed by atoms with Crippen LogP contribution in [0.4, 0.5) is 0 Å².